The molecule has 0 atom stereocenters. The summed E-state index contributed by atoms with van der Waals surface area (Å²) in [5.41, 5.74) is 4.17. The van der Waals surface area contributed by atoms with Crippen molar-refractivity contribution in [2.75, 3.05) is 32.8 Å². The number of hydrogen-bond acceptors (Lipinski definition) is 3. The lowest BCUT2D eigenvalue weighted by molar-refractivity contribution is 0.0302. The van der Waals surface area contributed by atoms with Gasteiger partial charge in [0.05, 0.1) is 13.2 Å². The normalized spacial score (nSPS) is 18.8. The topological polar surface area (TPSA) is 41.9 Å². The Labute approximate surface area is 113 Å². The number of benzene rings is 1. The SMILES string of the molecule is CC1=NCCc2c(C(=O)N3CCOCC3)cccc21. The van der Waals surface area contributed by atoms with Crippen LogP contribution in [0.15, 0.2) is 23.2 Å². The summed E-state index contributed by atoms with van der Waals surface area (Å²) in [5.74, 6) is 0.134. The number of aliphatic imine (C=N–C) groups is 1. The molecule has 4 heteroatoms. The van der Waals surface area contributed by atoms with E-state index in [0.717, 1.165) is 35.4 Å². The Morgan fingerprint density at radius 2 is 2.11 bits per heavy atom. The number of hydrogen-bond donors (Lipinski definition) is 0. The molecular weight excluding hydrogens is 240 g/mol. The van der Waals surface area contributed by atoms with Crippen LogP contribution in [0.25, 0.3) is 0 Å². The Hall–Kier alpha value is -1.68. The number of rotatable bonds is 1. The lowest BCUT2D eigenvalue weighted by atomic mass is 9.93. The van der Waals surface area contributed by atoms with E-state index in [4.69, 9.17) is 4.74 Å². The van der Waals surface area contributed by atoms with Gasteiger partial charge in [0.2, 0.25) is 0 Å². The van der Waals surface area contributed by atoms with Crippen molar-refractivity contribution in [3.63, 3.8) is 0 Å². The molecule has 0 aromatic heterocycles. The van der Waals surface area contributed by atoms with Crippen LogP contribution in [-0.4, -0.2) is 49.4 Å². The monoisotopic (exact) mass is 258 g/mol. The zero-order valence-electron chi connectivity index (χ0n) is 11.2. The van der Waals surface area contributed by atoms with Gasteiger partial charge >= 0.3 is 0 Å². The van der Waals surface area contributed by atoms with E-state index in [-0.39, 0.29) is 5.91 Å². The molecule has 0 unspecified atom stereocenters. The molecule has 0 spiro atoms. The molecule has 0 bridgehead atoms. The number of amides is 1. The second-order valence-corrected chi connectivity index (χ2v) is 4.95. The van der Waals surface area contributed by atoms with E-state index in [1.165, 1.54) is 0 Å². The first-order valence-corrected chi connectivity index (χ1v) is 6.77. The van der Waals surface area contributed by atoms with Gasteiger partial charge in [-0.1, -0.05) is 12.1 Å². The van der Waals surface area contributed by atoms with E-state index in [1.54, 1.807) is 0 Å². The fourth-order valence-corrected chi connectivity index (χ4v) is 2.75. The second kappa shape index (κ2) is 5.13. The van der Waals surface area contributed by atoms with Crippen LogP contribution in [0.1, 0.15) is 28.4 Å². The Kier molecular flexibility index (Phi) is 3.34. The predicted octanol–water partition coefficient (Wildman–Crippen LogP) is 1.52. The molecule has 1 amide bonds. The van der Waals surface area contributed by atoms with Gasteiger partial charge in [-0.05, 0) is 30.5 Å². The van der Waals surface area contributed by atoms with Gasteiger partial charge in [0.15, 0.2) is 0 Å². The first-order chi connectivity index (χ1) is 9.27. The molecule has 2 heterocycles. The van der Waals surface area contributed by atoms with Gasteiger partial charge in [0, 0.05) is 30.9 Å². The minimum atomic E-state index is 0.134. The highest BCUT2D eigenvalue weighted by atomic mass is 16.5. The van der Waals surface area contributed by atoms with Gasteiger partial charge < -0.3 is 9.64 Å². The second-order valence-electron chi connectivity index (χ2n) is 4.95. The van der Waals surface area contributed by atoms with Crippen molar-refractivity contribution in [1.29, 1.82) is 0 Å². The molecule has 19 heavy (non-hydrogen) atoms. The van der Waals surface area contributed by atoms with Crippen LogP contribution in [0, 0.1) is 0 Å². The van der Waals surface area contributed by atoms with Crippen molar-refractivity contribution in [1.82, 2.24) is 4.90 Å². The number of carbonyl (C=O) groups is 1. The van der Waals surface area contributed by atoms with Gasteiger partial charge in [0.25, 0.3) is 5.91 Å². The van der Waals surface area contributed by atoms with E-state index in [0.29, 0.717) is 26.3 Å². The van der Waals surface area contributed by atoms with Crippen molar-refractivity contribution >= 4 is 11.6 Å². The summed E-state index contributed by atoms with van der Waals surface area (Å²) < 4.78 is 5.30. The van der Waals surface area contributed by atoms with E-state index < -0.39 is 0 Å². The Morgan fingerprint density at radius 3 is 2.89 bits per heavy atom. The molecule has 0 radical (unpaired) electrons. The summed E-state index contributed by atoms with van der Waals surface area (Å²) in [5, 5.41) is 0. The molecule has 2 aliphatic rings. The minimum absolute atomic E-state index is 0.134. The highest BCUT2D eigenvalue weighted by molar-refractivity contribution is 6.05. The zero-order chi connectivity index (χ0) is 13.2. The maximum Gasteiger partial charge on any atom is 0.254 e. The zero-order valence-corrected chi connectivity index (χ0v) is 11.2. The van der Waals surface area contributed by atoms with Crippen LogP contribution in [0.3, 0.4) is 0 Å². The van der Waals surface area contributed by atoms with Crippen LogP contribution in [0.4, 0.5) is 0 Å². The lowest BCUT2D eigenvalue weighted by Crippen LogP contribution is -2.41. The average molecular weight is 258 g/mol. The number of ether oxygens (including phenoxy) is 1. The van der Waals surface area contributed by atoms with Crippen LogP contribution in [0.2, 0.25) is 0 Å². The van der Waals surface area contributed by atoms with Crippen molar-refractivity contribution in [3.05, 3.63) is 34.9 Å². The molecule has 1 saturated heterocycles. The molecule has 1 aromatic carbocycles. The summed E-state index contributed by atoms with van der Waals surface area (Å²) in [6.07, 6.45) is 0.860. The summed E-state index contributed by atoms with van der Waals surface area (Å²) in [6, 6.07) is 5.95. The maximum absolute atomic E-state index is 12.6. The van der Waals surface area contributed by atoms with Crippen LogP contribution >= 0.6 is 0 Å². The highest BCUT2D eigenvalue weighted by Crippen LogP contribution is 2.22. The molecule has 1 fully saturated rings. The number of nitrogens with zero attached hydrogens (tertiary/aromatic N) is 2. The van der Waals surface area contributed by atoms with E-state index in [9.17, 15) is 4.79 Å². The minimum Gasteiger partial charge on any atom is -0.378 e. The standard InChI is InChI=1S/C15H18N2O2/c1-11-12-3-2-4-14(13(12)5-6-16-11)15(18)17-7-9-19-10-8-17/h2-4H,5-10H2,1H3. The Balaban J connectivity index is 1.95. The highest BCUT2D eigenvalue weighted by Gasteiger charge is 2.23. The quantitative estimate of drug-likeness (QED) is 0.766. The molecule has 0 saturated carbocycles. The molecule has 100 valence electrons. The van der Waals surface area contributed by atoms with Crippen LogP contribution < -0.4 is 0 Å². The fraction of sp³-hybridized carbons (Fsp3) is 0.467. The van der Waals surface area contributed by atoms with Gasteiger partial charge in [-0.15, -0.1) is 0 Å². The molecule has 3 rings (SSSR count). The van der Waals surface area contributed by atoms with Gasteiger partial charge in [-0.3, -0.25) is 9.79 Å². The summed E-state index contributed by atoms with van der Waals surface area (Å²) in [4.78, 5) is 19.0. The van der Waals surface area contributed by atoms with Gasteiger partial charge in [-0.2, -0.15) is 0 Å². The van der Waals surface area contributed by atoms with E-state index in [2.05, 4.69) is 11.1 Å². The number of carbonyl (C=O) groups excluding carboxylic acids is 1. The van der Waals surface area contributed by atoms with E-state index >= 15 is 0 Å². The molecule has 1 aromatic rings. The fourth-order valence-electron chi connectivity index (χ4n) is 2.75. The molecule has 4 nitrogen and oxygen atoms in total. The maximum atomic E-state index is 12.6. The molecular formula is C15H18N2O2. The van der Waals surface area contributed by atoms with Gasteiger partial charge in [-0.25, -0.2) is 0 Å². The van der Waals surface area contributed by atoms with Crippen molar-refractivity contribution in [3.8, 4) is 0 Å². The van der Waals surface area contributed by atoms with Crippen molar-refractivity contribution < 1.29 is 9.53 Å². The van der Waals surface area contributed by atoms with Crippen molar-refractivity contribution in [2.45, 2.75) is 13.3 Å². The third kappa shape index (κ3) is 2.28. The molecule has 0 N–H and O–H groups in total. The predicted molar refractivity (Wildman–Crippen MR) is 73.9 cm³/mol. The summed E-state index contributed by atoms with van der Waals surface area (Å²) in [7, 11) is 0. The third-order valence-electron chi connectivity index (χ3n) is 3.81. The first-order valence-electron chi connectivity index (χ1n) is 6.77. The summed E-state index contributed by atoms with van der Waals surface area (Å²) >= 11 is 0. The third-order valence-corrected chi connectivity index (χ3v) is 3.81. The lowest BCUT2D eigenvalue weighted by Gasteiger charge is -2.28. The van der Waals surface area contributed by atoms with E-state index in [1.807, 2.05) is 24.0 Å². The van der Waals surface area contributed by atoms with Crippen molar-refractivity contribution in [2.24, 2.45) is 4.99 Å². The van der Waals surface area contributed by atoms with Crippen LogP contribution in [-0.2, 0) is 11.2 Å². The Morgan fingerprint density at radius 1 is 1.32 bits per heavy atom. The molecule has 0 aliphatic carbocycles. The largest absolute Gasteiger partial charge is 0.378 e. The Bertz CT molecular complexity index is 531. The van der Waals surface area contributed by atoms with Gasteiger partial charge in [0.1, 0.15) is 0 Å². The average Bonchev–Trinajstić information content (AvgIpc) is 2.47. The number of morpholine rings is 1. The number of fused-ring (bicyclic) bond motifs is 1. The van der Waals surface area contributed by atoms with Crippen LogP contribution in [0.5, 0.6) is 0 Å². The smallest absolute Gasteiger partial charge is 0.254 e. The first kappa shape index (κ1) is 12.4. The molecule has 2 aliphatic heterocycles. The summed E-state index contributed by atoms with van der Waals surface area (Å²) in [6.45, 7) is 5.46.